The van der Waals surface area contributed by atoms with Crippen molar-refractivity contribution in [2.45, 2.75) is 51.0 Å². The molecule has 4 N–H and O–H groups in total. The number of carboxylic acids is 1. The number of hydrogen-bond donors (Lipinski definition) is 3. The van der Waals surface area contributed by atoms with Gasteiger partial charge in [-0.05, 0) is 44.1 Å². The summed E-state index contributed by atoms with van der Waals surface area (Å²) in [7, 11) is 0. The smallest absolute Gasteiger partial charge is 0.303 e. The Labute approximate surface area is 128 Å². The molecule has 2 aliphatic rings. The van der Waals surface area contributed by atoms with Crippen molar-refractivity contribution < 1.29 is 9.90 Å². The molecule has 0 aromatic heterocycles. The molecule has 5 nitrogen and oxygen atoms in total. The Morgan fingerprint density at radius 3 is 2.67 bits per heavy atom. The van der Waals surface area contributed by atoms with Crippen LogP contribution in [0.25, 0.3) is 0 Å². The van der Waals surface area contributed by atoms with E-state index in [1.807, 2.05) is 0 Å². The fraction of sp³-hybridized carbons (Fsp3) is 0.938. The highest BCUT2D eigenvalue weighted by atomic mass is 16.4. The van der Waals surface area contributed by atoms with E-state index >= 15 is 0 Å². The molecule has 122 valence electrons. The lowest BCUT2D eigenvalue weighted by Crippen LogP contribution is -2.51. The second kappa shape index (κ2) is 8.71. The van der Waals surface area contributed by atoms with E-state index in [2.05, 4.69) is 10.2 Å². The summed E-state index contributed by atoms with van der Waals surface area (Å²) in [5, 5.41) is 12.6. The number of nitrogens with one attached hydrogen (secondary N) is 1. The molecule has 1 saturated heterocycles. The van der Waals surface area contributed by atoms with Crippen molar-refractivity contribution in [3.8, 4) is 0 Å². The SMILES string of the molecule is NCCN1CC(CCC(=O)O)CC(NCC2CCCC2)C1. The quantitative estimate of drug-likeness (QED) is 0.629. The van der Waals surface area contributed by atoms with Crippen LogP contribution in [0.3, 0.4) is 0 Å². The minimum absolute atomic E-state index is 0.288. The first-order chi connectivity index (χ1) is 10.2. The summed E-state index contributed by atoms with van der Waals surface area (Å²) in [6.45, 7) is 4.80. The first kappa shape index (κ1) is 16.7. The summed E-state index contributed by atoms with van der Waals surface area (Å²) in [4.78, 5) is 13.2. The number of carbonyl (C=O) groups is 1. The molecule has 0 bridgehead atoms. The van der Waals surface area contributed by atoms with Gasteiger partial charge in [0.15, 0.2) is 0 Å². The molecular weight excluding hydrogens is 266 g/mol. The zero-order valence-electron chi connectivity index (χ0n) is 13.1. The van der Waals surface area contributed by atoms with E-state index in [-0.39, 0.29) is 6.42 Å². The Kier molecular flexibility index (Phi) is 6.93. The van der Waals surface area contributed by atoms with E-state index in [9.17, 15) is 4.79 Å². The number of carboxylic acid groups (broad SMARTS) is 1. The second-order valence-electron chi connectivity index (χ2n) is 6.84. The van der Waals surface area contributed by atoms with Crippen LogP contribution in [0, 0.1) is 11.8 Å². The van der Waals surface area contributed by atoms with Gasteiger partial charge in [-0.3, -0.25) is 4.79 Å². The van der Waals surface area contributed by atoms with Gasteiger partial charge < -0.3 is 21.1 Å². The standard InChI is InChI=1S/C16H31N3O2/c17-7-8-19-11-14(5-6-16(20)21)9-15(12-19)18-10-13-3-1-2-4-13/h13-15,18H,1-12,17H2,(H,20,21). The molecule has 0 amide bonds. The molecule has 21 heavy (non-hydrogen) atoms. The number of nitrogens with zero attached hydrogens (tertiary/aromatic N) is 1. The maximum absolute atomic E-state index is 10.8. The van der Waals surface area contributed by atoms with E-state index in [1.54, 1.807) is 0 Å². The van der Waals surface area contributed by atoms with Crippen LogP contribution in [-0.2, 0) is 4.79 Å². The van der Waals surface area contributed by atoms with E-state index in [1.165, 1.54) is 25.7 Å². The molecule has 0 spiro atoms. The molecule has 1 saturated carbocycles. The molecule has 1 heterocycles. The normalized spacial score (nSPS) is 28.0. The minimum Gasteiger partial charge on any atom is -0.481 e. The average molecular weight is 297 g/mol. The maximum atomic E-state index is 10.8. The van der Waals surface area contributed by atoms with Crippen molar-refractivity contribution in [2.24, 2.45) is 17.6 Å². The Morgan fingerprint density at radius 2 is 2.00 bits per heavy atom. The zero-order chi connectivity index (χ0) is 15.1. The van der Waals surface area contributed by atoms with Crippen LogP contribution >= 0.6 is 0 Å². The van der Waals surface area contributed by atoms with Crippen LogP contribution in [-0.4, -0.2) is 54.7 Å². The van der Waals surface area contributed by atoms with Crippen LogP contribution in [0.4, 0.5) is 0 Å². The van der Waals surface area contributed by atoms with Crippen LogP contribution in [0.5, 0.6) is 0 Å². The number of rotatable bonds is 8. The number of piperidine rings is 1. The summed E-state index contributed by atoms with van der Waals surface area (Å²) in [5.41, 5.74) is 5.69. The molecule has 1 aliphatic carbocycles. The Bertz CT molecular complexity index is 319. The van der Waals surface area contributed by atoms with Crippen molar-refractivity contribution in [1.82, 2.24) is 10.2 Å². The van der Waals surface area contributed by atoms with Gasteiger partial charge in [-0.15, -0.1) is 0 Å². The summed E-state index contributed by atoms with van der Waals surface area (Å²) in [6, 6.07) is 0.504. The van der Waals surface area contributed by atoms with Crippen LogP contribution in [0.15, 0.2) is 0 Å². The first-order valence-electron chi connectivity index (χ1n) is 8.55. The number of aliphatic carboxylic acids is 1. The molecule has 2 atom stereocenters. The zero-order valence-corrected chi connectivity index (χ0v) is 13.1. The lowest BCUT2D eigenvalue weighted by Gasteiger charge is -2.38. The summed E-state index contributed by atoms with van der Waals surface area (Å²) < 4.78 is 0. The third-order valence-corrected chi connectivity index (χ3v) is 4.99. The molecule has 2 fully saturated rings. The Hall–Kier alpha value is -0.650. The molecule has 2 unspecified atom stereocenters. The van der Waals surface area contributed by atoms with Gasteiger partial charge in [0.2, 0.25) is 0 Å². The highest BCUT2D eigenvalue weighted by Crippen LogP contribution is 2.25. The van der Waals surface area contributed by atoms with E-state index in [0.29, 0.717) is 18.5 Å². The molecule has 0 aromatic rings. The minimum atomic E-state index is -0.679. The number of hydrogen-bond acceptors (Lipinski definition) is 4. The van der Waals surface area contributed by atoms with Gasteiger partial charge in [0, 0.05) is 38.6 Å². The van der Waals surface area contributed by atoms with Crippen LogP contribution in [0.2, 0.25) is 0 Å². The highest BCUT2D eigenvalue weighted by Gasteiger charge is 2.27. The third-order valence-electron chi connectivity index (χ3n) is 4.99. The molecule has 2 rings (SSSR count). The molecular formula is C16H31N3O2. The van der Waals surface area contributed by atoms with Gasteiger partial charge in [0.05, 0.1) is 0 Å². The summed E-state index contributed by atoms with van der Waals surface area (Å²) >= 11 is 0. The van der Waals surface area contributed by atoms with Gasteiger partial charge in [-0.1, -0.05) is 12.8 Å². The van der Waals surface area contributed by atoms with Crippen molar-refractivity contribution >= 4 is 5.97 Å². The summed E-state index contributed by atoms with van der Waals surface area (Å²) in [6.07, 6.45) is 7.70. The third kappa shape index (κ3) is 5.93. The second-order valence-corrected chi connectivity index (χ2v) is 6.84. The van der Waals surface area contributed by atoms with Gasteiger partial charge in [-0.25, -0.2) is 0 Å². The number of likely N-dealkylation sites (tertiary alicyclic amines) is 1. The van der Waals surface area contributed by atoms with Crippen molar-refractivity contribution in [2.75, 3.05) is 32.7 Å². The lowest BCUT2D eigenvalue weighted by atomic mass is 9.90. The van der Waals surface area contributed by atoms with Gasteiger partial charge in [-0.2, -0.15) is 0 Å². The van der Waals surface area contributed by atoms with Crippen molar-refractivity contribution in [3.63, 3.8) is 0 Å². The van der Waals surface area contributed by atoms with Crippen LogP contribution < -0.4 is 11.1 Å². The largest absolute Gasteiger partial charge is 0.481 e. The predicted octanol–water partition coefficient (Wildman–Crippen LogP) is 1.28. The first-order valence-corrected chi connectivity index (χ1v) is 8.55. The average Bonchev–Trinajstić information content (AvgIpc) is 2.96. The maximum Gasteiger partial charge on any atom is 0.303 e. The van der Waals surface area contributed by atoms with Crippen molar-refractivity contribution in [1.29, 1.82) is 0 Å². The Morgan fingerprint density at radius 1 is 1.24 bits per heavy atom. The molecule has 1 aliphatic heterocycles. The fourth-order valence-corrected chi connectivity index (χ4v) is 3.90. The predicted molar refractivity (Wildman–Crippen MR) is 84.2 cm³/mol. The molecule has 0 aromatic carbocycles. The van der Waals surface area contributed by atoms with E-state index < -0.39 is 5.97 Å². The Balaban J connectivity index is 1.78. The topological polar surface area (TPSA) is 78.6 Å². The lowest BCUT2D eigenvalue weighted by molar-refractivity contribution is -0.137. The molecule has 5 heteroatoms. The van der Waals surface area contributed by atoms with E-state index in [0.717, 1.165) is 44.9 Å². The van der Waals surface area contributed by atoms with Gasteiger partial charge in [0.1, 0.15) is 0 Å². The fourth-order valence-electron chi connectivity index (χ4n) is 3.90. The van der Waals surface area contributed by atoms with Crippen LogP contribution in [0.1, 0.15) is 44.9 Å². The molecule has 0 radical (unpaired) electrons. The van der Waals surface area contributed by atoms with Crippen molar-refractivity contribution in [3.05, 3.63) is 0 Å². The van der Waals surface area contributed by atoms with Gasteiger partial charge >= 0.3 is 5.97 Å². The monoisotopic (exact) mass is 297 g/mol. The van der Waals surface area contributed by atoms with Gasteiger partial charge in [0.25, 0.3) is 0 Å². The number of nitrogens with two attached hydrogens (primary N) is 1. The van der Waals surface area contributed by atoms with E-state index in [4.69, 9.17) is 10.8 Å². The highest BCUT2D eigenvalue weighted by molar-refractivity contribution is 5.66. The summed E-state index contributed by atoms with van der Waals surface area (Å²) in [5.74, 6) is 0.663.